The topological polar surface area (TPSA) is 96.3 Å². The minimum atomic E-state index is -0.378. The van der Waals surface area contributed by atoms with Gasteiger partial charge in [-0.2, -0.15) is 9.78 Å². The normalized spacial score (nSPS) is 13.8. The number of benzene rings is 2. The third-order valence-corrected chi connectivity index (χ3v) is 5.65. The number of hydrogen-bond donors (Lipinski definition) is 3. The van der Waals surface area contributed by atoms with E-state index in [9.17, 15) is 19.1 Å². The first-order chi connectivity index (χ1) is 15.4. The van der Waals surface area contributed by atoms with Crippen molar-refractivity contribution in [3.63, 3.8) is 0 Å². The van der Waals surface area contributed by atoms with Crippen molar-refractivity contribution in [3.05, 3.63) is 65.6 Å². The van der Waals surface area contributed by atoms with Crippen LogP contribution in [0.1, 0.15) is 49.8 Å². The molecule has 166 valence electrons. The van der Waals surface area contributed by atoms with Gasteiger partial charge in [-0.25, -0.2) is 9.18 Å². The average molecular weight is 436 g/mol. The van der Waals surface area contributed by atoms with E-state index < -0.39 is 0 Å². The van der Waals surface area contributed by atoms with Crippen molar-refractivity contribution in [1.29, 1.82) is 0 Å². The molecule has 1 aromatic heterocycles. The maximum absolute atomic E-state index is 13.1. The van der Waals surface area contributed by atoms with Crippen molar-refractivity contribution in [1.82, 2.24) is 15.1 Å². The Morgan fingerprint density at radius 2 is 1.84 bits per heavy atom. The van der Waals surface area contributed by atoms with Crippen LogP contribution in [-0.2, 0) is 11.3 Å². The number of nitrogens with one attached hydrogen (secondary N) is 2. The van der Waals surface area contributed by atoms with Crippen molar-refractivity contribution >= 4 is 17.6 Å². The smallest absolute Gasteiger partial charge is 0.342 e. The number of phenols is 1. The summed E-state index contributed by atoms with van der Waals surface area (Å²) >= 11 is 0. The van der Waals surface area contributed by atoms with Crippen LogP contribution in [0.5, 0.6) is 5.75 Å². The Balaban J connectivity index is 1.61. The van der Waals surface area contributed by atoms with Crippen molar-refractivity contribution in [2.45, 2.75) is 45.1 Å². The van der Waals surface area contributed by atoms with Gasteiger partial charge in [-0.3, -0.25) is 4.79 Å². The molecule has 1 aliphatic rings. The Labute approximate surface area is 185 Å². The Bertz CT molecular complexity index is 1130. The Morgan fingerprint density at radius 3 is 2.50 bits per heavy atom. The molecule has 0 radical (unpaired) electrons. The van der Waals surface area contributed by atoms with E-state index in [1.807, 2.05) is 6.07 Å². The van der Waals surface area contributed by atoms with E-state index >= 15 is 0 Å². The molecule has 0 spiro atoms. The second kappa shape index (κ2) is 9.21. The molecule has 3 N–H and O–H groups in total. The fraction of sp³-hybridized carbons (Fsp3) is 0.292. The monoisotopic (exact) mass is 436 g/mol. The summed E-state index contributed by atoms with van der Waals surface area (Å²) in [7, 11) is 0. The highest BCUT2D eigenvalue weighted by atomic mass is 19.1. The summed E-state index contributed by atoms with van der Waals surface area (Å²) in [5.41, 5.74) is 3.02. The van der Waals surface area contributed by atoms with Gasteiger partial charge >= 0.3 is 6.03 Å². The SMILES string of the molecule is CC(=O)Nc1ccc(-c2cc(C3CCCC3)n(C(=O)NCc3ccc(F)cc3)n2)c(O)c1. The number of halogens is 1. The molecule has 0 aliphatic heterocycles. The lowest BCUT2D eigenvalue weighted by Crippen LogP contribution is -2.30. The van der Waals surface area contributed by atoms with Gasteiger partial charge in [0.2, 0.25) is 5.91 Å². The van der Waals surface area contributed by atoms with Gasteiger partial charge in [0.25, 0.3) is 0 Å². The summed E-state index contributed by atoms with van der Waals surface area (Å²) in [6, 6.07) is 12.2. The van der Waals surface area contributed by atoms with Gasteiger partial charge < -0.3 is 15.7 Å². The van der Waals surface area contributed by atoms with Crippen LogP contribution in [0.15, 0.2) is 48.5 Å². The minimum Gasteiger partial charge on any atom is -0.507 e. The second-order valence-electron chi connectivity index (χ2n) is 8.05. The summed E-state index contributed by atoms with van der Waals surface area (Å²) in [6.07, 6.45) is 4.14. The second-order valence-corrected chi connectivity index (χ2v) is 8.05. The van der Waals surface area contributed by atoms with Crippen LogP contribution >= 0.6 is 0 Å². The average Bonchev–Trinajstić information content (AvgIpc) is 3.43. The van der Waals surface area contributed by atoms with Gasteiger partial charge in [0.15, 0.2) is 0 Å². The molecular weight excluding hydrogens is 411 g/mol. The Morgan fingerprint density at radius 1 is 1.12 bits per heavy atom. The number of anilines is 1. The number of carbonyl (C=O) groups excluding carboxylic acids is 2. The summed E-state index contributed by atoms with van der Waals surface area (Å²) in [4.78, 5) is 24.2. The molecule has 2 amide bonds. The molecule has 0 atom stereocenters. The zero-order valence-electron chi connectivity index (χ0n) is 17.8. The lowest BCUT2D eigenvalue weighted by molar-refractivity contribution is -0.114. The van der Waals surface area contributed by atoms with Crippen molar-refractivity contribution < 1.29 is 19.1 Å². The van der Waals surface area contributed by atoms with E-state index in [4.69, 9.17) is 0 Å². The lowest BCUT2D eigenvalue weighted by atomic mass is 10.0. The van der Waals surface area contributed by atoms with Gasteiger partial charge in [-0.1, -0.05) is 25.0 Å². The largest absolute Gasteiger partial charge is 0.507 e. The predicted octanol–water partition coefficient (Wildman–Crippen LogP) is 4.77. The summed E-state index contributed by atoms with van der Waals surface area (Å²) in [5, 5.41) is 20.5. The molecule has 0 bridgehead atoms. The fourth-order valence-electron chi connectivity index (χ4n) is 4.09. The zero-order chi connectivity index (χ0) is 22.7. The first-order valence-corrected chi connectivity index (χ1v) is 10.6. The van der Waals surface area contributed by atoms with Gasteiger partial charge in [0.1, 0.15) is 11.6 Å². The number of phenolic OH excluding ortho intramolecular Hbond substituents is 1. The van der Waals surface area contributed by atoms with Crippen LogP contribution in [0, 0.1) is 5.82 Å². The van der Waals surface area contributed by atoms with Gasteiger partial charge in [0.05, 0.1) is 11.4 Å². The number of nitrogens with zero attached hydrogens (tertiary/aromatic N) is 2. The van der Waals surface area contributed by atoms with Gasteiger partial charge in [-0.15, -0.1) is 0 Å². The summed E-state index contributed by atoms with van der Waals surface area (Å²) < 4.78 is 14.5. The highest BCUT2D eigenvalue weighted by Gasteiger charge is 2.26. The number of rotatable bonds is 5. The molecule has 1 aliphatic carbocycles. The molecule has 8 heteroatoms. The van der Waals surface area contributed by atoms with Gasteiger partial charge in [0, 0.05) is 36.7 Å². The molecule has 3 aromatic rings. The van der Waals surface area contributed by atoms with E-state index in [-0.39, 0.29) is 36.0 Å². The van der Waals surface area contributed by atoms with E-state index in [2.05, 4.69) is 15.7 Å². The Hall–Kier alpha value is -3.68. The zero-order valence-corrected chi connectivity index (χ0v) is 17.8. The van der Waals surface area contributed by atoms with E-state index in [0.29, 0.717) is 16.9 Å². The Kier molecular flexibility index (Phi) is 6.20. The lowest BCUT2D eigenvalue weighted by Gasteiger charge is -2.12. The minimum absolute atomic E-state index is 0.0365. The van der Waals surface area contributed by atoms with Crippen LogP contribution in [0.25, 0.3) is 11.3 Å². The summed E-state index contributed by atoms with van der Waals surface area (Å²) in [6.45, 7) is 1.64. The van der Waals surface area contributed by atoms with Crippen LogP contribution in [0.4, 0.5) is 14.9 Å². The number of aromatic nitrogens is 2. The molecule has 1 fully saturated rings. The van der Waals surface area contributed by atoms with E-state index in [1.54, 1.807) is 24.3 Å². The quantitative estimate of drug-likeness (QED) is 0.537. The molecule has 7 nitrogen and oxygen atoms in total. The number of aromatic hydroxyl groups is 1. The van der Waals surface area contributed by atoms with Crippen molar-refractivity contribution in [2.24, 2.45) is 0 Å². The molecule has 2 aromatic carbocycles. The van der Waals surface area contributed by atoms with Crippen LogP contribution < -0.4 is 10.6 Å². The molecule has 0 unspecified atom stereocenters. The third-order valence-electron chi connectivity index (χ3n) is 5.65. The number of hydrogen-bond acceptors (Lipinski definition) is 4. The van der Waals surface area contributed by atoms with Crippen molar-refractivity contribution in [2.75, 3.05) is 5.32 Å². The fourth-order valence-corrected chi connectivity index (χ4v) is 4.09. The summed E-state index contributed by atoms with van der Waals surface area (Å²) in [5.74, 6) is -0.383. The predicted molar refractivity (Wildman–Crippen MR) is 119 cm³/mol. The first-order valence-electron chi connectivity index (χ1n) is 10.6. The van der Waals surface area contributed by atoms with Gasteiger partial charge in [-0.05, 0) is 48.7 Å². The van der Waals surface area contributed by atoms with Crippen molar-refractivity contribution in [3.8, 4) is 17.0 Å². The van der Waals surface area contributed by atoms with Crippen LogP contribution in [-0.4, -0.2) is 26.8 Å². The van der Waals surface area contributed by atoms with E-state index in [0.717, 1.165) is 36.9 Å². The maximum atomic E-state index is 13.1. The number of carbonyl (C=O) groups is 2. The standard InChI is InChI=1S/C24H25FN4O3/c1-15(30)27-19-10-11-20(23(31)12-19)21-13-22(17-4-2-3-5-17)29(28-21)24(32)26-14-16-6-8-18(25)9-7-16/h6-13,17,31H,2-5,14H2,1H3,(H,26,32)(H,27,30). The highest BCUT2D eigenvalue weighted by Crippen LogP contribution is 2.37. The van der Waals surface area contributed by atoms with Crippen LogP contribution in [0.3, 0.4) is 0 Å². The highest BCUT2D eigenvalue weighted by molar-refractivity contribution is 5.89. The molecule has 1 saturated carbocycles. The van der Waals surface area contributed by atoms with Crippen LogP contribution in [0.2, 0.25) is 0 Å². The molecule has 1 heterocycles. The molecule has 32 heavy (non-hydrogen) atoms. The molecular formula is C24H25FN4O3. The molecule has 4 rings (SSSR count). The maximum Gasteiger partial charge on any atom is 0.342 e. The molecule has 0 saturated heterocycles. The third kappa shape index (κ3) is 4.80. The number of amides is 2. The van der Waals surface area contributed by atoms with E-state index in [1.165, 1.54) is 29.8 Å². The first kappa shape index (κ1) is 21.5.